The molecule has 4 heteroatoms. The van der Waals surface area contributed by atoms with Gasteiger partial charge in [0.1, 0.15) is 5.69 Å². The molecule has 0 aliphatic carbocycles. The fourth-order valence-corrected chi connectivity index (χ4v) is 1.44. The third kappa shape index (κ3) is 3.04. The van der Waals surface area contributed by atoms with Crippen LogP contribution in [0.1, 0.15) is 16.1 Å². The van der Waals surface area contributed by atoms with Crippen LogP contribution in [0.25, 0.3) is 0 Å². The van der Waals surface area contributed by atoms with Gasteiger partial charge < -0.3 is 11.1 Å². The molecule has 0 radical (unpaired) electrons. The summed E-state index contributed by atoms with van der Waals surface area (Å²) in [6, 6.07) is 12.9. The molecule has 2 rings (SSSR count). The van der Waals surface area contributed by atoms with Crippen molar-refractivity contribution in [3.8, 4) is 0 Å². The first-order valence-corrected chi connectivity index (χ1v) is 5.29. The summed E-state index contributed by atoms with van der Waals surface area (Å²) in [6.07, 6.45) is 1.52. The van der Waals surface area contributed by atoms with Crippen LogP contribution in [0.15, 0.2) is 48.7 Å². The monoisotopic (exact) mass is 227 g/mol. The van der Waals surface area contributed by atoms with Gasteiger partial charge >= 0.3 is 0 Å². The Balaban J connectivity index is 1.98. The molecule has 2 aromatic rings. The highest BCUT2D eigenvalue weighted by molar-refractivity contribution is 5.92. The molecule has 17 heavy (non-hydrogen) atoms. The summed E-state index contributed by atoms with van der Waals surface area (Å²) < 4.78 is 0. The zero-order valence-electron chi connectivity index (χ0n) is 9.26. The average Bonchev–Trinajstić information content (AvgIpc) is 2.37. The molecule has 1 heterocycles. The molecule has 0 bridgehead atoms. The lowest BCUT2D eigenvalue weighted by atomic mass is 10.2. The Morgan fingerprint density at radius 2 is 2.00 bits per heavy atom. The molecule has 0 aliphatic rings. The molecule has 1 amide bonds. The molecule has 1 aromatic heterocycles. The number of carbonyl (C=O) groups is 1. The normalized spacial score (nSPS) is 9.88. The average molecular weight is 227 g/mol. The molecule has 0 atom stereocenters. The number of nitrogens with zero attached hydrogens (tertiary/aromatic N) is 1. The van der Waals surface area contributed by atoms with Crippen LogP contribution >= 0.6 is 0 Å². The minimum atomic E-state index is -0.221. The summed E-state index contributed by atoms with van der Waals surface area (Å²) in [5.74, 6) is -0.221. The number of anilines is 1. The summed E-state index contributed by atoms with van der Waals surface area (Å²) in [5, 5.41) is 2.79. The van der Waals surface area contributed by atoms with Gasteiger partial charge in [-0.05, 0) is 17.7 Å². The van der Waals surface area contributed by atoms with Crippen molar-refractivity contribution in [1.29, 1.82) is 0 Å². The van der Waals surface area contributed by atoms with Crippen molar-refractivity contribution >= 4 is 11.6 Å². The molecular formula is C13H13N3O. The third-order valence-electron chi connectivity index (χ3n) is 2.31. The van der Waals surface area contributed by atoms with E-state index in [0.717, 1.165) is 5.56 Å². The number of nitrogens with one attached hydrogen (secondary N) is 1. The van der Waals surface area contributed by atoms with E-state index in [1.165, 1.54) is 6.20 Å². The van der Waals surface area contributed by atoms with Crippen LogP contribution in [-0.4, -0.2) is 10.9 Å². The second-order valence-electron chi connectivity index (χ2n) is 3.64. The van der Waals surface area contributed by atoms with E-state index in [1.54, 1.807) is 12.1 Å². The second kappa shape index (κ2) is 5.12. The van der Waals surface area contributed by atoms with E-state index in [4.69, 9.17) is 5.73 Å². The predicted molar refractivity (Wildman–Crippen MR) is 66.3 cm³/mol. The van der Waals surface area contributed by atoms with Gasteiger partial charge in [0.15, 0.2) is 0 Å². The molecule has 0 spiro atoms. The first kappa shape index (κ1) is 11.1. The van der Waals surface area contributed by atoms with Crippen molar-refractivity contribution in [2.45, 2.75) is 6.54 Å². The van der Waals surface area contributed by atoms with Gasteiger partial charge in [0.25, 0.3) is 5.91 Å². The maximum Gasteiger partial charge on any atom is 0.270 e. The lowest BCUT2D eigenvalue weighted by Crippen LogP contribution is -2.23. The van der Waals surface area contributed by atoms with Gasteiger partial charge in [0, 0.05) is 18.4 Å². The smallest absolute Gasteiger partial charge is 0.270 e. The van der Waals surface area contributed by atoms with Gasteiger partial charge in [0.2, 0.25) is 0 Å². The van der Waals surface area contributed by atoms with Crippen molar-refractivity contribution in [2.75, 3.05) is 5.73 Å². The highest BCUT2D eigenvalue weighted by Gasteiger charge is 2.06. The first-order chi connectivity index (χ1) is 8.25. The van der Waals surface area contributed by atoms with Crippen molar-refractivity contribution in [3.05, 3.63) is 59.9 Å². The van der Waals surface area contributed by atoms with Crippen LogP contribution < -0.4 is 11.1 Å². The van der Waals surface area contributed by atoms with E-state index in [1.807, 2.05) is 30.3 Å². The Morgan fingerprint density at radius 3 is 2.71 bits per heavy atom. The molecule has 86 valence electrons. The predicted octanol–water partition coefficient (Wildman–Crippen LogP) is 1.59. The maximum atomic E-state index is 11.7. The molecule has 0 aliphatic heterocycles. The van der Waals surface area contributed by atoms with Gasteiger partial charge in [0.05, 0.1) is 0 Å². The molecule has 1 aromatic carbocycles. The quantitative estimate of drug-likeness (QED) is 0.836. The third-order valence-corrected chi connectivity index (χ3v) is 2.31. The summed E-state index contributed by atoms with van der Waals surface area (Å²) >= 11 is 0. The molecular weight excluding hydrogens is 214 g/mol. The lowest BCUT2D eigenvalue weighted by Gasteiger charge is -2.04. The second-order valence-corrected chi connectivity index (χ2v) is 3.64. The molecule has 0 unspecified atom stereocenters. The zero-order chi connectivity index (χ0) is 12.1. The Hall–Kier alpha value is -2.36. The van der Waals surface area contributed by atoms with Crippen molar-refractivity contribution in [3.63, 3.8) is 0 Å². The van der Waals surface area contributed by atoms with Gasteiger partial charge in [-0.3, -0.25) is 9.78 Å². The molecule has 0 fully saturated rings. The van der Waals surface area contributed by atoms with Gasteiger partial charge in [-0.15, -0.1) is 0 Å². The number of carbonyl (C=O) groups excluding carboxylic acids is 1. The summed E-state index contributed by atoms with van der Waals surface area (Å²) in [5.41, 5.74) is 7.50. The SMILES string of the molecule is Nc1ccnc(C(=O)NCc2ccccc2)c1. The molecule has 4 nitrogen and oxygen atoms in total. The topological polar surface area (TPSA) is 68.0 Å². The number of pyridine rings is 1. The van der Waals surface area contributed by atoms with E-state index in [9.17, 15) is 4.79 Å². The van der Waals surface area contributed by atoms with Gasteiger partial charge in [-0.2, -0.15) is 0 Å². The van der Waals surface area contributed by atoms with E-state index < -0.39 is 0 Å². The van der Waals surface area contributed by atoms with Crippen LogP contribution in [-0.2, 0) is 6.54 Å². The van der Waals surface area contributed by atoms with E-state index in [-0.39, 0.29) is 5.91 Å². The fraction of sp³-hybridized carbons (Fsp3) is 0.0769. The largest absolute Gasteiger partial charge is 0.399 e. The van der Waals surface area contributed by atoms with Crippen molar-refractivity contribution in [2.24, 2.45) is 0 Å². The molecule has 3 N–H and O–H groups in total. The molecule has 0 saturated heterocycles. The van der Waals surface area contributed by atoms with Crippen molar-refractivity contribution < 1.29 is 4.79 Å². The number of aromatic nitrogens is 1. The minimum Gasteiger partial charge on any atom is -0.399 e. The number of rotatable bonds is 3. The summed E-state index contributed by atoms with van der Waals surface area (Å²) in [6.45, 7) is 0.482. The maximum absolute atomic E-state index is 11.7. The Kier molecular flexibility index (Phi) is 3.35. The van der Waals surface area contributed by atoms with Gasteiger partial charge in [-0.25, -0.2) is 0 Å². The minimum absolute atomic E-state index is 0.221. The zero-order valence-corrected chi connectivity index (χ0v) is 9.26. The Bertz CT molecular complexity index is 511. The standard InChI is InChI=1S/C13H13N3O/c14-11-6-7-15-12(8-11)13(17)16-9-10-4-2-1-3-5-10/h1-8H,9H2,(H2,14,15)(H,16,17). The number of nitrogen functional groups attached to an aromatic ring is 1. The highest BCUT2D eigenvalue weighted by Crippen LogP contribution is 2.03. The van der Waals surface area contributed by atoms with Gasteiger partial charge in [-0.1, -0.05) is 30.3 Å². The van der Waals surface area contributed by atoms with Crippen LogP contribution in [0.5, 0.6) is 0 Å². The first-order valence-electron chi connectivity index (χ1n) is 5.29. The van der Waals surface area contributed by atoms with E-state index >= 15 is 0 Å². The van der Waals surface area contributed by atoms with E-state index in [2.05, 4.69) is 10.3 Å². The van der Waals surface area contributed by atoms with Crippen LogP contribution in [0.2, 0.25) is 0 Å². The Labute approximate surface area is 99.5 Å². The van der Waals surface area contributed by atoms with E-state index in [0.29, 0.717) is 17.9 Å². The number of amides is 1. The lowest BCUT2D eigenvalue weighted by molar-refractivity contribution is 0.0946. The number of hydrogen-bond acceptors (Lipinski definition) is 3. The van der Waals surface area contributed by atoms with Crippen LogP contribution in [0, 0.1) is 0 Å². The summed E-state index contributed by atoms with van der Waals surface area (Å²) in [7, 11) is 0. The highest BCUT2D eigenvalue weighted by atomic mass is 16.1. The number of benzene rings is 1. The Morgan fingerprint density at radius 1 is 1.24 bits per heavy atom. The fourth-order valence-electron chi connectivity index (χ4n) is 1.44. The number of nitrogens with two attached hydrogens (primary N) is 1. The van der Waals surface area contributed by atoms with Crippen LogP contribution in [0.3, 0.4) is 0 Å². The van der Waals surface area contributed by atoms with Crippen molar-refractivity contribution in [1.82, 2.24) is 10.3 Å². The summed E-state index contributed by atoms with van der Waals surface area (Å²) in [4.78, 5) is 15.7. The number of hydrogen-bond donors (Lipinski definition) is 2. The van der Waals surface area contributed by atoms with Crippen LogP contribution in [0.4, 0.5) is 5.69 Å². The molecule has 0 saturated carbocycles.